The molecule has 0 bridgehead atoms. The molecule has 176 valence electrons. The van der Waals surface area contributed by atoms with Crippen molar-refractivity contribution in [3.8, 4) is 0 Å². The number of carbonyl (C=O) groups is 1. The van der Waals surface area contributed by atoms with Gasteiger partial charge in [-0.05, 0) is 24.6 Å². The summed E-state index contributed by atoms with van der Waals surface area (Å²) in [5, 5.41) is 2.84. The van der Waals surface area contributed by atoms with E-state index in [-0.39, 0.29) is 24.1 Å². The first kappa shape index (κ1) is 22.2. The van der Waals surface area contributed by atoms with E-state index in [1.54, 1.807) is 4.57 Å². The number of fused-ring (bicyclic) bond motifs is 1. The zero-order valence-corrected chi connectivity index (χ0v) is 19.6. The second-order valence-corrected chi connectivity index (χ2v) is 9.07. The molecule has 2 aliphatic heterocycles. The number of nitrogens with zero attached hydrogens (tertiary/aromatic N) is 5. The lowest BCUT2D eigenvalue weighted by Gasteiger charge is -2.35. The molecule has 3 heterocycles. The van der Waals surface area contributed by atoms with Crippen LogP contribution in [0.25, 0.3) is 0 Å². The Hall–Kier alpha value is -3.65. The maximum Gasteiger partial charge on any atom is 0.257 e. The minimum atomic E-state index is -0.154. The molecule has 1 amide bonds. The van der Waals surface area contributed by atoms with Crippen molar-refractivity contribution in [2.24, 2.45) is 0 Å². The number of nitrogens with one attached hydrogen (secondary N) is 1. The van der Waals surface area contributed by atoms with Crippen LogP contribution in [0.1, 0.15) is 17.2 Å². The first-order chi connectivity index (χ1) is 16.5. The molecule has 1 fully saturated rings. The van der Waals surface area contributed by atoms with Crippen molar-refractivity contribution < 1.29 is 4.79 Å². The molecule has 2 aromatic carbocycles. The van der Waals surface area contributed by atoms with Gasteiger partial charge in [0.05, 0.1) is 19.1 Å². The minimum absolute atomic E-state index is 0.0349. The average molecular weight is 459 g/mol. The number of rotatable bonds is 5. The normalized spacial score (nSPS) is 18.1. The molecule has 0 radical (unpaired) electrons. The highest BCUT2D eigenvalue weighted by atomic mass is 16.2. The van der Waals surface area contributed by atoms with Crippen LogP contribution in [0.2, 0.25) is 0 Å². The molecule has 1 atom stereocenters. The summed E-state index contributed by atoms with van der Waals surface area (Å²) < 4.78 is 1.67. The Bertz CT molecular complexity index is 1220. The van der Waals surface area contributed by atoms with Crippen molar-refractivity contribution >= 4 is 23.4 Å². The predicted molar refractivity (Wildman–Crippen MR) is 135 cm³/mol. The van der Waals surface area contributed by atoms with Crippen molar-refractivity contribution in [3.63, 3.8) is 0 Å². The summed E-state index contributed by atoms with van der Waals surface area (Å²) in [6.45, 7) is 6.25. The molecule has 0 spiro atoms. The summed E-state index contributed by atoms with van der Waals surface area (Å²) in [5.74, 6) is 0.728. The van der Waals surface area contributed by atoms with Gasteiger partial charge in [-0.2, -0.15) is 4.98 Å². The van der Waals surface area contributed by atoms with Crippen LogP contribution in [0.4, 0.5) is 17.5 Å². The number of aromatic nitrogens is 2. The third-order valence-electron chi connectivity index (χ3n) is 6.72. The summed E-state index contributed by atoms with van der Waals surface area (Å²) in [7, 11) is 1.94. The zero-order valence-electron chi connectivity index (χ0n) is 19.6. The Morgan fingerprint density at radius 2 is 1.74 bits per heavy atom. The molecule has 1 N–H and O–H groups in total. The minimum Gasteiger partial charge on any atom is -0.369 e. The molecular weight excluding hydrogens is 428 g/mol. The van der Waals surface area contributed by atoms with Gasteiger partial charge < -0.3 is 15.1 Å². The van der Waals surface area contributed by atoms with Gasteiger partial charge in [0.25, 0.3) is 5.56 Å². The molecule has 8 heteroatoms. The molecule has 0 aliphatic carbocycles. The highest BCUT2D eigenvalue weighted by Gasteiger charge is 2.30. The third-order valence-corrected chi connectivity index (χ3v) is 6.72. The fourth-order valence-electron chi connectivity index (χ4n) is 4.74. The van der Waals surface area contributed by atoms with Crippen LogP contribution >= 0.6 is 0 Å². The monoisotopic (exact) mass is 458 g/mol. The van der Waals surface area contributed by atoms with E-state index in [1.165, 1.54) is 17.3 Å². The van der Waals surface area contributed by atoms with Gasteiger partial charge in [-0.1, -0.05) is 48.0 Å². The lowest BCUT2D eigenvalue weighted by molar-refractivity contribution is -0.117. The molecule has 1 unspecified atom stereocenters. The maximum absolute atomic E-state index is 12.8. The number of aryl methyl sites for hydroxylation is 1. The van der Waals surface area contributed by atoms with Gasteiger partial charge in [0.15, 0.2) is 0 Å². The van der Waals surface area contributed by atoms with Crippen LogP contribution in [-0.2, 0) is 11.3 Å². The lowest BCUT2D eigenvalue weighted by Crippen LogP contribution is -2.48. The maximum atomic E-state index is 12.8. The van der Waals surface area contributed by atoms with Crippen LogP contribution in [0.3, 0.4) is 0 Å². The summed E-state index contributed by atoms with van der Waals surface area (Å²) in [4.78, 5) is 36.6. The number of anilines is 3. The van der Waals surface area contributed by atoms with E-state index < -0.39 is 0 Å². The topological polar surface area (TPSA) is 73.7 Å². The second-order valence-electron chi connectivity index (χ2n) is 9.07. The first-order valence-electron chi connectivity index (χ1n) is 11.7. The van der Waals surface area contributed by atoms with E-state index in [1.807, 2.05) is 30.1 Å². The van der Waals surface area contributed by atoms with Gasteiger partial charge in [-0.25, -0.2) is 0 Å². The Morgan fingerprint density at radius 3 is 2.44 bits per heavy atom. The Kier molecular flexibility index (Phi) is 6.06. The van der Waals surface area contributed by atoms with Crippen molar-refractivity contribution in [3.05, 3.63) is 82.1 Å². The fraction of sp³-hybridized carbons (Fsp3) is 0.346. The van der Waals surface area contributed by atoms with Gasteiger partial charge in [0.2, 0.25) is 11.9 Å². The van der Waals surface area contributed by atoms with E-state index in [0.717, 1.165) is 31.7 Å². The number of hydrogen-bond acceptors (Lipinski definition) is 6. The molecule has 3 aromatic rings. The highest BCUT2D eigenvalue weighted by Crippen LogP contribution is 2.32. The molecular formula is C26H30N6O2. The number of para-hydroxylation sites is 1. The van der Waals surface area contributed by atoms with E-state index in [2.05, 4.69) is 63.4 Å². The molecule has 34 heavy (non-hydrogen) atoms. The number of likely N-dealkylation sites (N-methyl/N-ethyl adjacent to an activating group) is 1. The molecule has 0 saturated carbocycles. The summed E-state index contributed by atoms with van der Waals surface area (Å²) in [6.07, 6.45) is 0. The number of piperazine rings is 1. The average Bonchev–Trinajstić information content (AvgIpc) is 3.17. The zero-order chi connectivity index (χ0) is 23.7. The van der Waals surface area contributed by atoms with Crippen molar-refractivity contribution in [2.75, 3.05) is 54.9 Å². The standard InChI is InChI=1S/C26H30N6O2/c1-19-8-10-20(11-9-19)22-17-32-25(34)16-23(28-26(32)29(22)2)27-24(33)18-30-12-14-31(15-13-30)21-6-4-3-5-7-21/h3-11,16,22H,12-15,17-18H2,1-2H3,(H,27,33). The van der Waals surface area contributed by atoms with Gasteiger partial charge in [-0.15, -0.1) is 0 Å². The van der Waals surface area contributed by atoms with E-state index >= 15 is 0 Å². The van der Waals surface area contributed by atoms with Crippen LogP contribution in [-0.4, -0.2) is 60.1 Å². The number of amides is 1. The van der Waals surface area contributed by atoms with E-state index in [9.17, 15) is 9.59 Å². The third kappa shape index (κ3) is 4.54. The largest absolute Gasteiger partial charge is 0.369 e. The summed E-state index contributed by atoms with van der Waals surface area (Å²) >= 11 is 0. The number of benzene rings is 2. The molecule has 5 rings (SSSR count). The quantitative estimate of drug-likeness (QED) is 0.633. The molecule has 2 aliphatic rings. The first-order valence-corrected chi connectivity index (χ1v) is 11.7. The van der Waals surface area contributed by atoms with Crippen LogP contribution in [0, 0.1) is 6.92 Å². The molecule has 1 aromatic heterocycles. The van der Waals surface area contributed by atoms with E-state index in [4.69, 9.17) is 0 Å². The summed E-state index contributed by atoms with van der Waals surface area (Å²) in [5.41, 5.74) is 3.39. The van der Waals surface area contributed by atoms with Gasteiger partial charge in [0.1, 0.15) is 5.82 Å². The molecule has 1 saturated heterocycles. The SMILES string of the molecule is Cc1ccc(C2Cn3c(nc(NC(=O)CN4CCN(c5ccccc5)CC4)cc3=O)N2C)cc1. The molecule has 8 nitrogen and oxygen atoms in total. The van der Waals surface area contributed by atoms with E-state index in [0.29, 0.717) is 18.3 Å². The Balaban J connectivity index is 1.21. The van der Waals surface area contributed by atoms with Crippen molar-refractivity contribution in [1.29, 1.82) is 0 Å². The highest BCUT2D eigenvalue weighted by molar-refractivity contribution is 5.91. The number of carbonyl (C=O) groups excluding carboxylic acids is 1. The van der Waals surface area contributed by atoms with Crippen LogP contribution in [0.5, 0.6) is 0 Å². The van der Waals surface area contributed by atoms with Crippen LogP contribution < -0.4 is 20.7 Å². The fourth-order valence-corrected chi connectivity index (χ4v) is 4.74. The van der Waals surface area contributed by atoms with Crippen molar-refractivity contribution in [1.82, 2.24) is 14.5 Å². The predicted octanol–water partition coefficient (Wildman–Crippen LogP) is 2.50. The Morgan fingerprint density at radius 1 is 1.03 bits per heavy atom. The van der Waals surface area contributed by atoms with Crippen LogP contribution in [0.15, 0.2) is 65.5 Å². The smallest absolute Gasteiger partial charge is 0.257 e. The Labute approximate surface area is 199 Å². The van der Waals surface area contributed by atoms with Gasteiger partial charge in [-0.3, -0.25) is 19.1 Å². The van der Waals surface area contributed by atoms with Crippen molar-refractivity contribution in [2.45, 2.75) is 19.5 Å². The van der Waals surface area contributed by atoms with Gasteiger partial charge in [0, 0.05) is 45.0 Å². The van der Waals surface area contributed by atoms with Gasteiger partial charge >= 0.3 is 0 Å². The number of hydrogen-bond donors (Lipinski definition) is 1. The summed E-state index contributed by atoms with van der Waals surface area (Å²) in [6, 6.07) is 20.1. The lowest BCUT2D eigenvalue weighted by atomic mass is 10.1. The second kappa shape index (κ2) is 9.30.